The summed E-state index contributed by atoms with van der Waals surface area (Å²) in [5, 5.41) is 2.91. The first-order valence-electron chi connectivity index (χ1n) is 8.49. The molecule has 2 aromatic carbocycles. The minimum absolute atomic E-state index is 0.207. The third-order valence-electron chi connectivity index (χ3n) is 4.26. The van der Waals surface area contributed by atoms with E-state index in [1.165, 1.54) is 0 Å². The minimum Gasteiger partial charge on any atom is -0.348 e. The van der Waals surface area contributed by atoms with Gasteiger partial charge in [-0.15, -0.1) is 0 Å². The van der Waals surface area contributed by atoms with E-state index in [1.54, 1.807) is 18.2 Å². The SMILES string of the molecule is Cc1cccc(N(CC(=O)N[C@H](C)c2cc(C)ccc2C)S(C)(=O)=O)c1. The van der Waals surface area contributed by atoms with Gasteiger partial charge in [-0.25, -0.2) is 8.42 Å². The molecule has 0 aliphatic heterocycles. The van der Waals surface area contributed by atoms with Crippen LogP contribution in [0.3, 0.4) is 0 Å². The van der Waals surface area contributed by atoms with Crippen molar-refractivity contribution < 1.29 is 13.2 Å². The first-order valence-corrected chi connectivity index (χ1v) is 10.3. The summed E-state index contributed by atoms with van der Waals surface area (Å²) in [5.74, 6) is -0.342. The number of aryl methyl sites for hydroxylation is 3. The predicted octanol–water partition coefficient (Wildman–Crippen LogP) is 3.26. The number of benzene rings is 2. The maximum absolute atomic E-state index is 12.5. The van der Waals surface area contributed by atoms with Crippen LogP contribution in [0, 0.1) is 20.8 Å². The highest BCUT2D eigenvalue weighted by Gasteiger charge is 2.22. The fourth-order valence-electron chi connectivity index (χ4n) is 2.90. The zero-order chi connectivity index (χ0) is 19.5. The van der Waals surface area contributed by atoms with Crippen molar-refractivity contribution in [3.63, 3.8) is 0 Å². The van der Waals surface area contributed by atoms with E-state index in [1.807, 2.05) is 52.0 Å². The number of nitrogens with zero attached hydrogens (tertiary/aromatic N) is 1. The molecule has 1 N–H and O–H groups in total. The number of hydrogen-bond donors (Lipinski definition) is 1. The number of carbonyl (C=O) groups excluding carboxylic acids is 1. The molecule has 0 heterocycles. The number of rotatable bonds is 6. The van der Waals surface area contributed by atoms with Gasteiger partial charge in [0.1, 0.15) is 6.54 Å². The van der Waals surface area contributed by atoms with Crippen LogP contribution < -0.4 is 9.62 Å². The van der Waals surface area contributed by atoms with Crippen molar-refractivity contribution in [3.8, 4) is 0 Å². The lowest BCUT2D eigenvalue weighted by Crippen LogP contribution is -2.41. The van der Waals surface area contributed by atoms with Gasteiger partial charge in [-0.05, 0) is 56.5 Å². The Morgan fingerprint density at radius 2 is 1.73 bits per heavy atom. The van der Waals surface area contributed by atoms with E-state index in [-0.39, 0.29) is 18.5 Å². The second-order valence-electron chi connectivity index (χ2n) is 6.76. The first-order chi connectivity index (χ1) is 12.1. The molecule has 2 rings (SSSR count). The molecule has 26 heavy (non-hydrogen) atoms. The highest BCUT2D eigenvalue weighted by atomic mass is 32.2. The number of nitrogens with one attached hydrogen (secondary N) is 1. The fraction of sp³-hybridized carbons (Fsp3) is 0.350. The average molecular weight is 375 g/mol. The molecular formula is C20H26N2O3S. The molecule has 2 aromatic rings. The monoisotopic (exact) mass is 374 g/mol. The van der Waals surface area contributed by atoms with Crippen LogP contribution in [0.15, 0.2) is 42.5 Å². The minimum atomic E-state index is -3.57. The van der Waals surface area contributed by atoms with Crippen molar-refractivity contribution in [2.24, 2.45) is 0 Å². The van der Waals surface area contributed by atoms with Gasteiger partial charge in [-0.3, -0.25) is 9.10 Å². The largest absolute Gasteiger partial charge is 0.348 e. The molecule has 1 atom stereocenters. The normalized spacial score (nSPS) is 12.5. The summed E-state index contributed by atoms with van der Waals surface area (Å²) in [6.45, 7) is 7.52. The maximum Gasteiger partial charge on any atom is 0.241 e. The van der Waals surface area contributed by atoms with E-state index in [9.17, 15) is 13.2 Å². The molecule has 0 aliphatic rings. The number of amides is 1. The van der Waals surface area contributed by atoms with Crippen LogP contribution in [-0.2, 0) is 14.8 Å². The van der Waals surface area contributed by atoms with Gasteiger partial charge in [0.05, 0.1) is 18.0 Å². The standard InChI is InChI=1S/C20H26N2O3S/c1-14-7-6-8-18(11-14)22(26(5,24)25)13-20(23)21-17(4)19-12-15(2)9-10-16(19)3/h6-12,17H,13H2,1-5H3,(H,21,23)/t17-/m1/s1. The molecule has 0 bridgehead atoms. The van der Waals surface area contributed by atoms with Gasteiger partial charge in [0.2, 0.25) is 15.9 Å². The number of sulfonamides is 1. The Hall–Kier alpha value is -2.34. The Kier molecular flexibility index (Phi) is 6.08. The lowest BCUT2D eigenvalue weighted by molar-refractivity contribution is -0.120. The van der Waals surface area contributed by atoms with Crippen LogP contribution in [0.1, 0.15) is 35.2 Å². The van der Waals surface area contributed by atoms with E-state index >= 15 is 0 Å². The van der Waals surface area contributed by atoms with Crippen LogP contribution in [0.4, 0.5) is 5.69 Å². The first kappa shape index (κ1) is 20.0. The van der Waals surface area contributed by atoms with Crippen LogP contribution >= 0.6 is 0 Å². The summed E-state index contributed by atoms with van der Waals surface area (Å²) >= 11 is 0. The zero-order valence-corrected chi connectivity index (χ0v) is 16.7. The lowest BCUT2D eigenvalue weighted by Gasteiger charge is -2.24. The highest BCUT2D eigenvalue weighted by Crippen LogP contribution is 2.21. The van der Waals surface area contributed by atoms with Gasteiger partial charge in [-0.2, -0.15) is 0 Å². The summed E-state index contributed by atoms with van der Waals surface area (Å²) in [5.41, 5.74) is 4.65. The molecule has 0 fully saturated rings. The van der Waals surface area contributed by atoms with Crippen molar-refractivity contribution in [1.82, 2.24) is 5.32 Å². The van der Waals surface area contributed by atoms with Gasteiger partial charge >= 0.3 is 0 Å². The number of hydrogen-bond acceptors (Lipinski definition) is 3. The van der Waals surface area contributed by atoms with Gasteiger partial charge in [0, 0.05) is 0 Å². The second-order valence-corrected chi connectivity index (χ2v) is 8.66. The second kappa shape index (κ2) is 7.91. The van der Waals surface area contributed by atoms with Crippen LogP contribution in [-0.4, -0.2) is 27.1 Å². The van der Waals surface area contributed by atoms with Crippen molar-refractivity contribution in [2.45, 2.75) is 33.7 Å². The van der Waals surface area contributed by atoms with Crippen LogP contribution in [0.25, 0.3) is 0 Å². The Labute approximate surface area is 156 Å². The zero-order valence-electron chi connectivity index (χ0n) is 15.9. The third kappa shape index (κ3) is 5.08. The average Bonchev–Trinajstić information content (AvgIpc) is 2.53. The third-order valence-corrected chi connectivity index (χ3v) is 5.40. The molecule has 0 radical (unpaired) electrons. The molecular weight excluding hydrogens is 348 g/mol. The van der Waals surface area contributed by atoms with Gasteiger partial charge < -0.3 is 5.32 Å². The molecule has 6 heteroatoms. The molecule has 0 aliphatic carbocycles. The Balaban J connectivity index is 2.19. The topological polar surface area (TPSA) is 66.5 Å². The quantitative estimate of drug-likeness (QED) is 0.844. The summed E-state index contributed by atoms with van der Waals surface area (Å²) in [6, 6.07) is 13.0. The summed E-state index contributed by atoms with van der Waals surface area (Å²) < 4.78 is 25.5. The van der Waals surface area contributed by atoms with Crippen molar-refractivity contribution in [2.75, 3.05) is 17.1 Å². The number of anilines is 1. The summed E-state index contributed by atoms with van der Waals surface area (Å²) in [6.07, 6.45) is 1.11. The number of carbonyl (C=O) groups is 1. The van der Waals surface area contributed by atoms with Crippen molar-refractivity contribution >= 4 is 21.6 Å². The van der Waals surface area contributed by atoms with E-state index in [2.05, 4.69) is 5.32 Å². The van der Waals surface area contributed by atoms with Gasteiger partial charge in [0.25, 0.3) is 0 Å². The van der Waals surface area contributed by atoms with Crippen molar-refractivity contribution in [1.29, 1.82) is 0 Å². The molecule has 140 valence electrons. The molecule has 0 aromatic heterocycles. The Morgan fingerprint density at radius 3 is 2.35 bits per heavy atom. The Bertz CT molecular complexity index is 907. The maximum atomic E-state index is 12.5. The van der Waals surface area contributed by atoms with Crippen LogP contribution in [0.2, 0.25) is 0 Å². The highest BCUT2D eigenvalue weighted by molar-refractivity contribution is 7.92. The summed E-state index contributed by atoms with van der Waals surface area (Å²) in [7, 11) is -3.57. The molecule has 0 unspecified atom stereocenters. The molecule has 0 saturated heterocycles. The van der Waals surface area contributed by atoms with Gasteiger partial charge in [0.15, 0.2) is 0 Å². The molecule has 5 nitrogen and oxygen atoms in total. The van der Waals surface area contributed by atoms with E-state index in [0.717, 1.165) is 32.8 Å². The van der Waals surface area contributed by atoms with Gasteiger partial charge in [-0.1, -0.05) is 35.9 Å². The van der Waals surface area contributed by atoms with Crippen LogP contribution in [0.5, 0.6) is 0 Å². The molecule has 0 saturated carbocycles. The van der Waals surface area contributed by atoms with E-state index in [0.29, 0.717) is 5.69 Å². The van der Waals surface area contributed by atoms with E-state index in [4.69, 9.17) is 0 Å². The molecule has 1 amide bonds. The predicted molar refractivity (Wildman–Crippen MR) is 106 cm³/mol. The fourth-order valence-corrected chi connectivity index (χ4v) is 3.75. The molecule has 0 spiro atoms. The summed E-state index contributed by atoms with van der Waals surface area (Å²) in [4.78, 5) is 12.5. The van der Waals surface area contributed by atoms with Crippen molar-refractivity contribution in [3.05, 3.63) is 64.7 Å². The lowest BCUT2D eigenvalue weighted by atomic mass is 10.00. The van der Waals surface area contributed by atoms with E-state index < -0.39 is 10.0 Å². The Morgan fingerprint density at radius 1 is 1.08 bits per heavy atom. The smallest absolute Gasteiger partial charge is 0.241 e.